The second kappa shape index (κ2) is 7.28. The third-order valence-corrected chi connectivity index (χ3v) is 7.91. The molecule has 1 saturated carbocycles. The molecule has 1 spiro atoms. The zero-order valence-electron chi connectivity index (χ0n) is 18.1. The van der Waals surface area contributed by atoms with Crippen LogP contribution in [0.1, 0.15) is 39.0 Å². The molecule has 2 aliphatic rings. The van der Waals surface area contributed by atoms with Gasteiger partial charge in [-0.15, -0.1) is 0 Å². The second-order valence-corrected chi connectivity index (χ2v) is 10.3. The monoisotopic (exact) mass is 454 g/mol. The van der Waals surface area contributed by atoms with Crippen LogP contribution in [0.4, 0.5) is 17.5 Å². The third kappa shape index (κ3) is 3.17. The number of benzene rings is 1. The predicted molar refractivity (Wildman–Crippen MR) is 122 cm³/mol. The van der Waals surface area contributed by atoms with Gasteiger partial charge in [-0.1, -0.05) is 26.2 Å². The molecular formula is C22H26N6O3S. The Bertz CT molecular complexity index is 1310. The Morgan fingerprint density at radius 1 is 1.16 bits per heavy atom. The van der Waals surface area contributed by atoms with Gasteiger partial charge in [-0.05, 0) is 43.2 Å². The summed E-state index contributed by atoms with van der Waals surface area (Å²) in [5.74, 6) is 1.27. The SMILES string of the molecule is CC1C(=O)N(C)c2cc3cnc(Nc4ccc(S(N)(=O)=O)cc4)nc3n2C12CCCCC2. The fourth-order valence-corrected chi connectivity index (χ4v) is 5.74. The fourth-order valence-electron chi connectivity index (χ4n) is 5.23. The van der Waals surface area contributed by atoms with Gasteiger partial charge < -0.3 is 14.8 Å². The Hall–Kier alpha value is -2.98. The summed E-state index contributed by atoms with van der Waals surface area (Å²) in [5.41, 5.74) is 1.17. The number of primary sulfonamides is 1. The first-order valence-corrected chi connectivity index (χ1v) is 12.3. The molecule has 168 valence electrons. The minimum absolute atomic E-state index is 0.0426. The Balaban J connectivity index is 1.59. The lowest BCUT2D eigenvalue weighted by Gasteiger charge is -2.49. The average Bonchev–Trinajstić information content (AvgIpc) is 3.16. The minimum Gasteiger partial charge on any atom is -0.324 e. The van der Waals surface area contributed by atoms with Crippen molar-refractivity contribution in [2.75, 3.05) is 17.3 Å². The molecule has 0 bridgehead atoms. The normalized spacial score (nSPS) is 20.5. The summed E-state index contributed by atoms with van der Waals surface area (Å²) in [5, 5.41) is 9.20. The topological polar surface area (TPSA) is 123 Å². The standard InChI is InChI=1S/C22H26N6O3S/c1-14-20(29)27(2)18-12-15-13-24-21(25-16-6-8-17(9-7-16)32(23,30)31)26-19(15)28(18)22(14)10-4-3-5-11-22/h6-9,12-14H,3-5,10-11H2,1-2H3,(H2,23,30,31)(H,24,25,26). The van der Waals surface area contributed by atoms with Crippen molar-refractivity contribution < 1.29 is 13.2 Å². The van der Waals surface area contributed by atoms with Crippen LogP contribution >= 0.6 is 0 Å². The maximum Gasteiger partial charge on any atom is 0.238 e. The summed E-state index contributed by atoms with van der Waals surface area (Å²) in [6.07, 6.45) is 7.02. The highest BCUT2D eigenvalue weighted by Gasteiger charge is 2.49. The molecule has 9 nitrogen and oxygen atoms in total. The van der Waals surface area contributed by atoms with Gasteiger partial charge in [0.25, 0.3) is 0 Å². The van der Waals surface area contributed by atoms with Gasteiger partial charge in [0, 0.05) is 24.3 Å². The summed E-state index contributed by atoms with van der Waals surface area (Å²) in [6.45, 7) is 2.03. The van der Waals surface area contributed by atoms with E-state index in [-0.39, 0.29) is 22.3 Å². The van der Waals surface area contributed by atoms with E-state index >= 15 is 0 Å². The van der Waals surface area contributed by atoms with Crippen molar-refractivity contribution in [1.82, 2.24) is 14.5 Å². The molecule has 0 saturated heterocycles. The number of sulfonamides is 1. The molecule has 1 unspecified atom stereocenters. The van der Waals surface area contributed by atoms with E-state index in [0.717, 1.165) is 42.5 Å². The van der Waals surface area contributed by atoms with Crippen LogP contribution in [-0.2, 0) is 20.4 Å². The van der Waals surface area contributed by atoms with Gasteiger partial charge >= 0.3 is 0 Å². The molecule has 3 heterocycles. The van der Waals surface area contributed by atoms with Gasteiger partial charge in [0.1, 0.15) is 11.5 Å². The number of amides is 1. The van der Waals surface area contributed by atoms with Crippen LogP contribution in [0.3, 0.4) is 0 Å². The number of hydrogen-bond acceptors (Lipinski definition) is 6. The van der Waals surface area contributed by atoms with E-state index in [1.807, 2.05) is 20.0 Å². The summed E-state index contributed by atoms with van der Waals surface area (Å²) >= 11 is 0. The van der Waals surface area contributed by atoms with Gasteiger partial charge in [0.05, 0.1) is 16.4 Å². The van der Waals surface area contributed by atoms with Gasteiger partial charge in [-0.3, -0.25) is 4.79 Å². The zero-order valence-corrected chi connectivity index (χ0v) is 18.9. The molecule has 5 rings (SSSR count). The van der Waals surface area contributed by atoms with Gasteiger partial charge in [-0.25, -0.2) is 18.5 Å². The molecule has 1 amide bonds. The predicted octanol–water partition coefficient (Wildman–Crippen LogP) is 3.09. The van der Waals surface area contributed by atoms with E-state index in [0.29, 0.717) is 11.6 Å². The number of fused-ring (bicyclic) bond motifs is 4. The second-order valence-electron chi connectivity index (χ2n) is 8.79. The number of nitrogens with zero attached hydrogens (tertiary/aromatic N) is 4. The Morgan fingerprint density at radius 2 is 1.84 bits per heavy atom. The Labute approximate surface area is 186 Å². The van der Waals surface area contributed by atoms with Crippen molar-refractivity contribution in [2.24, 2.45) is 11.1 Å². The number of hydrogen-bond donors (Lipinski definition) is 2. The lowest BCUT2D eigenvalue weighted by atomic mass is 9.71. The van der Waals surface area contributed by atoms with E-state index < -0.39 is 10.0 Å². The largest absolute Gasteiger partial charge is 0.324 e. The van der Waals surface area contributed by atoms with Gasteiger partial charge in [0.2, 0.25) is 21.9 Å². The van der Waals surface area contributed by atoms with Crippen LogP contribution in [-0.4, -0.2) is 35.9 Å². The summed E-state index contributed by atoms with van der Waals surface area (Å²) < 4.78 is 25.2. The smallest absolute Gasteiger partial charge is 0.238 e. The van der Waals surface area contributed by atoms with Crippen molar-refractivity contribution >= 4 is 44.4 Å². The highest BCUT2D eigenvalue weighted by molar-refractivity contribution is 7.89. The molecule has 1 fully saturated rings. The molecule has 1 atom stereocenters. The van der Waals surface area contributed by atoms with E-state index in [1.165, 1.54) is 18.6 Å². The number of aromatic nitrogens is 3. The van der Waals surface area contributed by atoms with Gasteiger partial charge in [0.15, 0.2) is 0 Å². The number of anilines is 3. The quantitative estimate of drug-likeness (QED) is 0.627. The molecule has 3 N–H and O–H groups in total. The van der Waals surface area contributed by atoms with Crippen LogP contribution in [0.25, 0.3) is 11.0 Å². The van der Waals surface area contributed by atoms with Crippen molar-refractivity contribution in [1.29, 1.82) is 0 Å². The first-order chi connectivity index (χ1) is 15.2. The zero-order chi connectivity index (χ0) is 22.7. The molecule has 32 heavy (non-hydrogen) atoms. The minimum atomic E-state index is -3.75. The van der Waals surface area contributed by atoms with Crippen LogP contribution in [0.2, 0.25) is 0 Å². The highest BCUT2D eigenvalue weighted by atomic mass is 32.2. The summed E-state index contributed by atoms with van der Waals surface area (Å²) in [4.78, 5) is 24.1. The van der Waals surface area contributed by atoms with Crippen molar-refractivity contribution in [3.05, 3.63) is 36.5 Å². The molecule has 1 aliphatic carbocycles. The Kier molecular flexibility index (Phi) is 4.75. The molecule has 3 aromatic rings. The summed E-state index contributed by atoms with van der Waals surface area (Å²) in [7, 11) is -1.93. The first-order valence-electron chi connectivity index (χ1n) is 10.8. The number of carbonyl (C=O) groups excluding carboxylic acids is 1. The maximum absolute atomic E-state index is 13.1. The summed E-state index contributed by atoms with van der Waals surface area (Å²) in [6, 6.07) is 8.11. The van der Waals surface area contributed by atoms with E-state index in [4.69, 9.17) is 10.1 Å². The van der Waals surface area contributed by atoms with Crippen molar-refractivity contribution in [3.8, 4) is 0 Å². The number of carbonyl (C=O) groups is 1. The van der Waals surface area contributed by atoms with Crippen molar-refractivity contribution in [3.63, 3.8) is 0 Å². The van der Waals surface area contributed by atoms with Crippen LogP contribution in [0.5, 0.6) is 0 Å². The number of nitrogens with one attached hydrogen (secondary N) is 1. The van der Waals surface area contributed by atoms with E-state index in [1.54, 1.807) is 23.2 Å². The molecule has 2 aromatic heterocycles. The van der Waals surface area contributed by atoms with E-state index in [2.05, 4.69) is 14.9 Å². The van der Waals surface area contributed by atoms with Crippen LogP contribution in [0, 0.1) is 5.92 Å². The number of rotatable bonds is 3. The average molecular weight is 455 g/mol. The first kappa shape index (κ1) is 20.9. The lowest BCUT2D eigenvalue weighted by molar-refractivity contribution is -0.127. The lowest BCUT2D eigenvalue weighted by Crippen LogP contribution is -2.54. The van der Waals surface area contributed by atoms with E-state index in [9.17, 15) is 13.2 Å². The fraction of sp³-hybridized carbons (Fsp3) is 0.409. The highest BCUT2D eigenvalue weighted by Crippen LogP contribution is 2.49. The number of nitrogens with two attached hydrogens (primary N) is 1. The maximum atomic E-state index is 13.1. The molecule has 0 radical (unpaired) electrons. The molecular weight excluding hydrogens is 428 g/mol. The molecule has 1 aliphatic heterocycles. The van der Waals surface area contributed by atoms with Gasteiger partial charge in [-0.2, -0.15) is 4.98 Å². The van der Waals surface area contributed by atoms with Crippen LogP contribution < -0.4 is 15.4 Å². The van der Waals surface area contributed by atoms with Crippen LogP contribution in [0.15, 0.2) is 41.4 Å². The molecule has 10 heteroatoms. The molecule has 1 aromatic carbocycles. The third-order valence-electron chi connectivity index (χ3n) is 6.98. The Morgan fingerprint density at radius 3 is 2.50 bits per heavy atom. The van der Waals surface area contributed by atoms with Crippen molar-refractivity contribution in [2.45, 2.75) is 49.5 Å².